The van der Waals surface area contributed by atoms with Gasteiger partial charge in [0.2, 0.25) is 33.7 Å². The Kier molecular flexibility index (Phi) is 12.9. The number of nitrogens with zero attached hydrogens (tertiary/aromatic N) is 3. The largest absolute Gasteiger partial charge is 0.472 e. The SMILES string of the molecule is C=C[C@@H]1C[C@]1(NC(=O)CC[C@H](CN(C)C(=O)[C@@H](NC(=O)OC1CCCC1)C(C)(C)C)Oc1cc(Cl)nc(Nc2ccccc2F)n1)C(=O)NS(=O)(=O)C1CC1. The maximum Gasteiger partial charge on any atom is 0.408 e. The van der Waals surface area contributed by atoms with Gasteiger partial charge in [-0.15, -0.1) is 6.58 Å². The van der Waals surface area contributed by atoms with Crippen molar-refractivity contribution in [1.29, 1.82) is 0 Å². The second-order valence-corrected chi connectivity index (χ2v) is 17.8. The van der Waals surface area contributed by atoms with Crippen LogP contribution < -0.4 is 25.4 Å². The number of halogens is 2. The van der Waals surface area contributed by atoms with Crippen molar-refractivity contribution in [2.75, 3.05) is 18.9 Å². The predicted octanol–water partition coefficient (Wildman–Crippen LogP) is 4.75. The minimum absolute atomic E-state index is 0.0185. The maximum atomic E-state index is 14.4. The van der Waals surface area contributed by atoms with Gasteiger partial charge in [0.25, 0.3) is 5.91 Å². The summed E-state index contributed by atoms with van der Waals surface area (Å²) in [6.45, 7) is 9.04. The van der Waals surface area contributed by atoms with E-state index in [1.54, 1.807) is 26.8 Å². The quantitative estimate of drug-likeness (QED) is 0.127. The smallest absolute Gasteiger partial charge is 0.408 e. The lowest BCUT2D eigenvalue weighted by Crippen LogP contribution is -2.55. The molecule has 300 valence electrons. The van der Waals surface area contributed by atoms with Crippen LogP contribution in [0.25, 0.3) is 0 Å². The van der Waals surface area contributed by atoms with Gasteiger partial charge >= 0.3 is 6.09 Å². The molecule has 1 heterocycles. The molecule has 3 aliphatic carbocycles. The van der Waals surface area contributed by atoms with Crippen LogP contribution in [0.2, 0.25) is 5.15 Å². The van der Waals surface area contributed by atoms with Crippen LogP contribution in [-0.2, 0) is 29.1 Å². The number of carbonyl (C=O) groups excluding carboxylic acids is 4. The number of ether oxygens (including phenoxy) is 2. The topological polar surface area (TPSA) is 198 Å². The van der Waals surface area contributed by atoms with Crippen LogP contribution in [-0.4, -0.2) is 89.7 Å². The summed E-state index contributed by atoms with van der Waals surface area (Å²) in [6, 6.07) is 6.21. The van der Waals surface area contributed by atoms with Crippen LogP contribution in [0.5, 0.6) is 5.88 Å². The zero-order valence-corrected chi connectivity index (χ0v) is 33.0. The van der Waals surface area contributed by atoms with Crippen molar-refractivity contribution >= 4 is 57.1 Å². The van der Waals surface area contributed by atoms with Crippen LogP contribution in [0.15, 0.2) is 43.0 Å². The van der Waals surface area contributed by atoms with E-state index >= 15 is 0 Å². The van der Waals surface area contributed by atoms with Crippen molar-refractivity contribution < 1.29 is 41.5 Å². The van der Waals surface area contributed by atoms with Gasteiger partial charge in [-0.3, -0.25) is 19.1 Å². The van der Waals surface area contributed by atoms with E-state index in [4.69, 9.17) is 21.1 Å². The Hall–Kier alpha value is -4.51. The lowest BCUT2D eigenvalue weighted by molar-refractivity contribution is -0.136. The maximum absolute atomic E-state index is 14.4. The first-order chi connectivity index (χ1) is 25.9. The molecule has 5 rings (SSSR count). The molecule has 4 amide bonds. The highest BCUT2D eigenvalue weighted by Crippen LogP contribution is 2.45. The lowest BCUT2D eigenvalue weighted by atomic mass is 9.86. The normalized spacial score (nSPS) is 20.7. The third-order valence-corrected chi connectivity index (χ3v) is 11.9. The number of nitrogens with one attached hydrogen (secondary N) is 4. The molecule has 0 saturated heterocycles. The number of hydrogen-bond acceptors (Lipinski definition) is 11. The Morgan fingerprint density at radius 3 is 2.44 bits per heavy atom. The van der Waals surface area contributed by atoms with Crippen molar-refractivity contribution in [2.24, 2.45) is 11.3 Å². The summed E-state index contributed by atoms with van der Waals surface area (Å²) in [5.74, 6) is -3.01. The average Bonchev–Trinajstić information content (AvgIpc) is 4.03. The third kappa shape index (κ3) is 11.1. The van der Waals surface area contributed by atoms with Crippen LogP contribution in [0.3, 0.4) is 0 Å². The standard InChI is InChI=1S/C37H49ClFN7O8S/c1-6-22-20-37(22,33(49)45-55(51,52)25-16-17-25)44-29(47)18-15-24(53-30-19-28(38)41-34(42-30)40-27-14-10-9-13-26(27)39)21-46(5)32(48)31(36(2,3)4)43-35(50)54-23-11-7-8-12-23/h6,9-10,13-14,19,22-25,31H,1,7-8,11-12,15-18,20-21H2,2-5H3,(H,43,50)(H,44,47)(H,45,49)(H,40,41,42)/t22-,24-,31-,37-/m1/s1. The Labute approximate surface area is 325 Å². The van der Waals surface area contributed by atoms with Gasteiger partial charge in [0.05, 0.1) is 17.5 Å². The van der Waals surface area contributed by atoms with Crippen LogP contribution in [0.1, 0.15) is 78.6 Å². The zero-order chi connectivity index (χ0) is 40.1. The first-order valence-corrected chi connectivity index (χ1v) is 20.3. The molecule has 4 atom stereocenters. The van der Waals surface area contributed by atoms with Gasteiger partial charge in [0.1, 0.15) is 34.8 Å². The fraction of sp³-hybridized carbons (Fsp3) is 0.568. The van der Waals surface area contributed by atoms with E-state index in [9.17, 15) is 32.0 Å². The summed E-state index contributed by atoms with van der Waals surface area (Å²) in [4.78, 5) is 63.3. The summed E-state index contributed by atoms with van der Waals surface area (Å²) in [6.07, 6.45) is 3.98. The second-order valence-electron chi connectivity index (χ2n) is 15.5. The predicted molar refractivity (Wildman–Crippen MR) is 202 cm³/mol. The van der Waals surface area contributed by atoms with E-state index in [1.807, 2.05) is 0 Å². The highest BCUT2D eigenvalue weighted by atomic mass is 35.5. The van der Waals surface area contributed by atoms with Gasteiger partial charge in [0.15, 0.2) is 0 Å². The summed E-state index contributed by atoms with van der Waals surface area (Å²) in [5, 5.41) is 7.53. The molecular formula is C37H49ClFN7O8S. The Balaban J connectivity index is 1.32. The molecular weight excluding hydrogens is 757 g/mol. The van der Waals surface area contributed by atoms with Crippen LogP contribution >= 0.6 is 11.6 Å². The van der Waals surface area contributed by atoms with Gasteiger partial charge < -0.3 is 30.3 Å². The number of hydrogen-bond donors (Lipinski definition) is 4. The molecule has 3 fully saturated rings. The first-order valence-electron chi connectivity index (χ1n) is 18.3. The highest BCUT2D eigenvalue weighted by molar-refractivity contribution is 7.91. The molecule has 3 aliphatic rings. The van der Waals surface area contributed by atoms with Crippen molar-refractivity contribution in [2.45, 2.75) is 108 Å². The van der Waals surface area contributed by atoms with Crippen LogP contribution in [0, 0.1) is 17.2 Å². The fourth-order valence-corrected chi connectivity index (χ4v) is 7.99. The number of rotatable bonds is 17. The molecule has 4 N–H and O–H groups in total. The minimum Gasteiger partial charge on any atom is -0.472 e. The molecule has 15 nitrogen and oxygen atoms in total. The number of aromatic nitrogens is 2. The highest BCUT2D eigenvalue weighted by Gasteiger charge is 2.60. The third-order valence-electron chi connectivity index (χ3n) is 9.84. The molecule has 0 bridgehead atoms. The van der Waals surface area contributed by atoms with E-state index in [-0.39, 0.29) is 54.6 Å². The van der Waals surface area contributed by atoms with E-state index in [1.165, 1.54) is 42.3 Å². The number of sulfonamides is 1. The van der Waals surface area contributed by atoms with Crippen molar-refractivity contribution in [3.8, 4) is 5.88 Å². The van der Waals surface area contributed by atoms with Gasteiger partial charge in [0, 0.05) is 25.5 Å². The number of alkyl carbamates (subject to hydrolysis) is 1. The molecule has 18 heteroatoms. The number of benzene rings is 1. The molecule has 0 aliphatic heterocycles. The van der Waals surface area contributed by atoms with E-state index < -0.39 is 73.9 Å². The summed E-state index contributed by atoms with van der Waals surface area (Å²) in [7, 11) is -2.34. The second kappa shape index (κ2) is 17.1. The van der Waals surface area contributed by atoms with E-state index in [2.05, 4.69) is 37.2 Å². The monoisotopic (exact) mass is 805 g/mol. The van der Waals surface area contributed by atoms with Crippen molar-refractivity contribution in [3.63, 3.8) is 0 Å². The summed E-state index contributed by atoms with van der Waals surface area (Å²) >= 11 is 6.30. The van der Waals surface area contributed by atoms with Crippen molar-refractivity contribution in [3.05, 3.63) is 54.0 Å². The Bertz CT molecular complexity index is 1890. The van der Waals surface area contributed by atoms with Gasteiger partial charge in [-0.2, -0.15) is 4.98 Å². The van der Waals surface area contributed by atoms with E-state index in [0.29, 0.717) is 12.8 Å². The Morgan fingerprint density at radius 2 is 1.82 bits per heavy atom. The van der Waals surface area contributed by atoms with E-state index in [0.717, 1.165) is 25.7 Å². The summed E-state index contributed by atoms with van der Waals surface area (Å²) in [5.41, 5.74) is -2.12. The fourth-order valence-electron chi connectivity index (χ4n) is 6.45. The van der Waals surface area contributed by atoms with Gasteiger partial charge in [-0.05, 0) is 68.9 Å². The number of anilines is 2. The molecule has 3 saturated carbocycles. The number of amides is 4. The van der Waals surface area contributed by atoms with Gasteiger partial charge in [-0.1, -0.05) is 50.6 Å². The minimum atomic E-state index is -3.87. The molecule has 55 heavy (non-hydrogen) atoms. The average molecular weight is 806 g/mol. The molecule has 0 spiro atoms. The zero-order valence-electron chi connectivity index (χ0n) is 31.4. The van der Waals surface area contributed by atoms with Crippen LogP contribution in [0.4, 0.5) is 20.8 Å². The molecule has 0 unspecified atom stereocenters. The number of likely N-dealkylation sites (N-methyl/N-ethyl adjacent to an activating group) is 1. The molecule has 2 aromatic rings. The molecule has 1 aromatic heterocycles. The molecule has 0 radical (unpaired) electrons. The lowest BCUT2D eigenvalue weighted by Gasteiger charge is -2.34. The number of para-hydroxylation sites is 1. The summed E-state index contributed by atoms with van der Waals surface area (Å²) < 4.78 is 53.4. The number of carbonyl (C=O) groups is 4. The van der Waals surface area contributed by atoms with Crippen molar-refractivity contribution in [1.82, 2.24) is 30.2 Å². The molecule has 1 aromatic carbocycles. The first kappa shape index (κ1) is 41.6. The Morgan fingerprint density at radius 1 is 1.13 bits per heavy atom. The van der Waals surface area contributed by atoms with Gasteiger partial charge in [-0.25, -0.2) is 22.6 Å².